The van der Waals surface area contributed by atoms with Gasteiger partial charge in [0.1, 0.15) is 5.52 Å². The number of benzene rings is 2. The molecule has 0 radical (unpaired) electrons. The highest BCUT2D eigenvalue weighted by Crippen LogP contribution is 2.34. The number of nitrogens with zero attached hydrogens (tertiary/aromatic N) is 5. The average molecular weight is 539 g/mol. The monoisotopic (exact) mass is 538 g/mol. The van der Waals surface area contributed by atoms with Crippen molar-refractivity contribution in [1.29, 1.82) is 0 Å². The number of aromatic nitrogens is 4. The molecule has 0 unspecified atom stereocenters. The molecule has 39 heavy (non-hydrogen) atoms. The Morgan fingerprint density at radius 3 is 2.36 bits per heavy atom. The summed E-state index contributed by atoms with van der Waals surface area (Å²) in [5, 5.41) is 13.1. The number of halogens is 3. The molecule has 1 fully saturated rings. The van der Waals surface area contributed by atoms with E-state index in [0.29, 0.717) is 35.3 Å². The lowest BCUT2D eigenvalue weighted by atomic mass is 9.80. The van der Waals surface area contributed by atoms with Crippen LogP contribution in [-0.2, 0) is 19.3 Å². The van der Waals surface area contributed by atoms with Gasteiger partial charge < -0.3 is 19.9 Å². The van der Waals surface area contributed by atoms with Crippen molar-refractivity contribution in [1.82, 2.24) is 19.5 Å². The molecule has 1 atom stereocenters. The highest BCUT2D eigenvalue weighted by atomic mass is 19.4. The first kappa shape index (κ1) is 26.5. The number of fused-ring (bicyclic) bond motifs is 1. The second-order valence-corrected chi connectivity index (χ2v) is 10.0. The molecule has 2 aromatic carbocycles. The lowest BCUT2D eigenvalue weighted by molar-refractivity contribution is -0.137. The van der Waals surface area contributed by atoms with Gasteiger partial charge in [0.25, 0.3) is 0 Å². The van der Waals surface area contributed by atoms with Crippen molar-refractivity contribution in [2.45, 2.75) is 51.5 Å². The van der Waals surface area contributed by atoms with Gasteiger partial charge in [0.05, 0.1) is 12.1 Å². The van der Waals surface area contributed by atoms with Gasteiger partial charge in [0.15, 0.2) is 11.5 Å². The van der Waals surface area contributed by atoms with Gasteiger partial charge in [0, 0.05) is 19.6 Å². The first-order valence-corrected chi connectivity index (χ1v) is 12.8. The molecule has 1 aliphatic carbocycles. The van der Waals surface area contributed by atoms with E-state index in [9.17, 15) is 23.1 Å². The second kappa shape index (κ2) is 10.5. The summed E-state index contributed by atoms with van der Waals surface area (Å²) in [6.07, 6.45) is -1.14. The Morgan fingerprint density at radius 1 is 1.08 bits per heavy atom. The van der Waals surface area contributed by atoms with Crippen LogP contribution in [-0.4, -0.2) is 43.7 Å². The summed E-state index contributed by atoms with van der Waals surface area (Å²) in [4.78, 5) is 27.0. The molecular formula is C28H29F3N6O2. The maximum absolute atomic E-state index is 13.2. The minimum absolute atomic E-state index is 0.0402. The topological polar surface area (TPSA) is 96.2 Å². The van der Waals surface area contributed by atoms with Crippen molar-refractivity contribution in [2.24, 2.45) is 5.92 Å². The zero-order valence-corrected chi connectivity index (χ0v) is 21.6. The minimum atomic E-state index is -4.43. The molecule has 0 amide bonds. The van der Waals surface area contributed by atoms with Crippen LogP contribution in [0.4, 0.5) is 24.9 Å². The van der Waals surface area contributed by atoms with Crippen molar-refractivity contribution in [2.75, 3.05) is 17.3 Å². The van der Waals surface area contributed by atoms with Crippen LogP contribution < -0.4 is 10.2 Å². The molecule has 0 spiro atoms. The van der Waals surface area contributed by atoms with Crippen LogP contribution in [0.2, 0.25) is 0 Å². The van der Waals surface area contributed by atoms with Crippen molar-refractivity contribution < 1.29 is 23.1 Å². The van der Waals surface area contributed by atoms with E-state index in [2.05, 4.69) is 15.3 Å². The Kier molecular flexibility index (Phi) is 7.16. The van der Waals surface area contributed by atoms with Crippen LogP contribution in [0.1, 0.15) is 53.5 Å². The van der Waals surface area contributed by atoms with Crippen LogP contribution >= 0.6 is 0 Å². The molecule has 5 rings (SSSR count). The Bertz CT molecular complexity index is 1470. The van der Waals surface area contributed by atoms with Gasteiger partial charge in [-0.15, -0.1) is 0 Å². The highest BCUT2D eigenvalue weighted by Gasteiger charge is 2.31. The van der Waals surface area contributed by atoms with Gasteiger partial charge in [-0.2, -0.15) is 18.2 Å². The molecule has 2 aromatic heterocycles. The summed E-state index contributed by atoms with van der Waals surface area (Å²) in [7, 11) is 1.85. The van der Waals surface area contributed by atoms with Gasteiger partial charge >= 0.3 is 12.1 Å². The normalized spacial score (nSPS) is 14.7. The molecular weight excluding hydrogens is 509 g/mol. The van der Waals surface area contributed by atoms with Crippen LogP contribution in [0, 0.1) is 5.92 Å². The lowest BCUT2D eigenvalue weighted by Crippen LogP contribution is -2.31. The number of carboxylic acid groups (broad SMARTS) is 1. The molecule has 204 valence electrons. The number of rotatable bonds is 9. The number of carbonyl (C=O) groups is 1. The summed E-state index contributed by atoms with van der Waals surface area (Å²) in [5.74, 6) is -0.370. The smallest absolute Gasteiger partial charge is 0.416 e. The zero-order valence-electron chi connectivity index (χ0n) is 21.6. The first-order valence-electron chi connectivity index (χ1n) is 12.8. The van der Waals surface area contributed by atoms with E-state index in [1.165, 1.54) is 12.1 Å². The predicted molar refractivity (Wildman–Crippen MR) is 142 cm³/mol. The minimum Gasteiger partial charge on any atom is -0.475 e. The second-order valence-electron chi connectivity index (χ2n) is 10.0. The number of carboxylic acids is 1. The fourth-order valence-electron chi connectivity index (χ4n) is 4.85. The first-order chi connectivity index (χ1) is 18.6. The third-order valence-corrected chi connectivity index (χ3v) is 7.22. The van der Waals surface area contributed by atoms with Crippen LogP contribution in [0.5, 0.6) is 0 Å². The molecule has 1 saturated carbocycles. The molecule has 2 heterocycles. The standard InChI is InChI=1S/C28H29F3N6O2/c1-17(20-9-6-10-20)32-23-22-24(34-25(33-23)26(38)39)35-27(36(2)15-18-7-4-3-5-8-18)37(22)16-19-11-13-21(14-12-19)28(29,30)31/h3-5,7-8,11-14,17,20H,6,9-10,15-16H2,1-2H3,(H,38,39)(H,32,33,34)/t17-/m1/s1. The fraction of sp³-hybridized carbons (Fsp3) is 0.357. The van der Waals surface area contributed by atoms with Gasteiger partial charge in [-0.05, 0) is 48.9 Å². The van der Waals surface area contributed by atoms with Crippen LogP contribution in [0.3, 0.4) is 0 Å². The molecule has 2 N–H and O–H groups in total. The van der Waals surface area contributed by atoms with E-state index in [-0.39, 0.29) is 24.1 Å². The lowest BCUT2D eigenvalue weighted by Gasteiger charge is -2.32. The third-order valence-electron chi connectivity index (χ3n) is 7.22. The van der Waals surface area contributed by atoms with E-state index in [0.717, 1.165) is 37.0 Å². The number of imidazole rings is 1. The summed E-state index contributed by atoms with van der Waals surface area (Å²) in [5.41, 5.74) is 1.63. The summed E-state index contributed by atoms with van der Waals surface area (Å²) >= 11 is 0. The Labute approximate surface area is 223 Å². The van der Waals surface area contributed by atoms with Gasteiger partial charge in [-0.1, -0.05) is 48.9 Å². The largest absolute Gasteiger partial charge is 0.475 e. The Hall–Kier alpha value is -4.15. The van der Waals surface area contributed by atoms with Crippen molar-refractivity contribution >= 4 is 28.9 Å². The molecule has 0 saturated heterocycles. The quantitative estimate of drug-likeness (QED) is 0.277. The van der Waals surface area contributed by atoms with E-state index >= 15 is 0 Å². The summed E-state index contributed by atoms with van der Waals surface area (Å²) in [6.45, 7) is 2.72. The maximum atomic E-state index is 13.2. The van der Waals surface area contributed by atoms with Gasteiger partial charge in [-0.3, -0.25) is 0 Å². The molecule has 11 heteroatoms. The summed E-state index contributed by atoms with van der Waals surface area (Å²) < 4.78 is 41.3. The van der Waals surface area contributed by atoms with Gasteiger partial charge in [0.2, 0.25) is 11.8 Å². The number of alkyl halides is 3. The van der Waals surface area contributed by atoms with Crippen molar-refractivity contribution in [3.05, 3.63) is 77.1 Å². The Morgan fingerprint density at radius 2 is 1.77 bits per heavy atom. The molecule has 1 aliphatic rings. The van der Waals surface area contributed by atoms with E-state index in [1.807, 2.05) is 53.8 Å². The van der Waals surface area contributed by atoms with Crippen molar-refractivity contribution in [3.8, 4) is 0 Å². The van der Waals surface area contributed by atoms with Crippen LogP contribution in [0.25, 0.3) is 11.2 Å². The highest BCUT2D eigenvalue weighted by molar-refractivity contribution is 5.91. The summed E-state index contributed by atoms with van der Waals surface area (Å²) in [6, 6.07) is 14.8. The number of nitrogens with one attached hydrogen (secondary N) is 1. The number of hydrogen-bond acceptors (Lipinski definition) is 6. The molecule has 0 aliphatic heterocycles. The molecule has 4 aromatic rings. The van der Waals surface area contributed by atoms with E-state index in [4.69, 9.17) is 4.98 Å². The van der Waals surface area contributed by atoms with Crippen LogP contribution in [0.15, 0.2) is 54.6 Å². The zero-order chi connectivity index (χ0) is 27.7. The maximum Gasteiger partial charge on any atom is 0.416 e. The predicted octanol–water partition coefficient (Wildman–Crippen LogP) is 5.83. The average Bonchev–Trinajstić information content (AvgIpc) is 3.22. The van der Waals surface area contributed by atoms with Gasteiger partial charge in [-0.25, -0.2) is 14.8 Å². The number of anilines is 2. The molecule has 8 nitrogen and oxygen atoms in total. The number of hydrogen-bond donors (Lipinski definition) is 2. The van der Waals surface area contributed by atoms with Crippen molar-refractivity contribution in [3.63, 3.8) is 0 Å². The number of aromatic carboxylic acids is 1. The Balaban J connectivity index is 1.62. The van der Waals surface area contributed by atoms with E-state index < -0.39 is 17.7 Å². The molecule has 0 bridgehead atoms. The third kappa shape index (κ3) is 5.67. The SMILES string of the molecule is C[C@@H](Nc1nc(C(=O)O)nc2nc(N(C)Cc3ccccc3)n(Cc3ccc(C(F)(F)F)cc3)c12)C1CCC1. The fourth-order valence-corrected chi connectivity index (χ4v) is 4.85. The van der Waals surface area contributed by atoms with E-state index in [1.54, 1.807) is 0 Å².